The Morgan fingerprint density at radius 2 is 1.91 bits per heavy atom. The molecule has 0 aromatic heterocycles. The smallest absolute Gasteiger partial charge is 0.0765 e. The Morgan fingerprint density at radius 3 is 2.36 bits per heavy atom. The molecule has 0 saturated heterocycles. The van der Waals surface area contributed by atoms with Crippen molar-refractivity contribution in [3.8, 4) is 0 Å². The van der Waals surface area contributed by atoms with E-state index in [0.29, 0.717) is 0 Å². The highest BCUT2D eigenvalue weighted by Gasteiger charge is 1.90. The van der Waals surface area contributed by atoms with Crippen molar-refractivity contribution in [2.75, 3.05) is 5.32 Å². The van der Waals surface area contributed by atoms with Crippen LogP contribution in [0.4, 0.5) is 5.69 Å². The van der Waals surface area contributed by atoms with E-state index >= 15 is 0 Å². The fourth-order valence-corrected chi connectivity index (χ4v) is 1.12. The summed E-state index contributed by atoms with van der Waals surface area (Å²) in [4.78, 5) is 0.785. The van der Waals surface area contributed by atoms with Gasteiger partial charge in [0.25, 0.3) is 0 Å². The molecule has 11 heavy (non-hydrogen) atoms. The Kier molecular flexibility index (Phi) is 3.02. The highest BCUT2D eigenvalue weighted by atomic mass is 79.9. The molecular formula is C8H8BrNS. The highest BCUT2D eigenvalue weighted by Crippen LogP contribution is 2.13. The Balaban J connectivity index is 2.74. The molecule has 0 fully saturated rings. The number of hydrogen-bond donors (Lipinski definition) is 1. The van der Waals surface area contributed by atoms with E-state index < -0.39 is 0 Å². The van der Waals surface area contributed by atoms with Crippen LogP contribution in [0.15, 0.2) is 28.7 Å². The van der Waals surface area contributed by atoms with Crippen molar-refractivity contribution in [3.05, 3.63) is 28.7 Å². The lowest BCUT2D eigenvalue weighted by Crippen LogP contribution is -2.02. The predicted octanol–water partition coefficient (Wildman–Crippen LogP) is 3.21. The summed E-state index contributed by atoms with van der Waals surface area (Å²) in [6, 6.07) is 7.89. The Morgan fingerprint density at radius 1 is 1.36 bits per heavy atom. The lowest BCUT2D eigenvalue weighted by Gasteiger charge is -2.02. The number of nitrogens with one attached hydrogen (secondary N) is 1. The average Bonchev–Trinajstić information content (AvgIpc) is 1.93. The number of halogens is 1. The van der Waals surface area contributed by atoms with Crippen LogP contribution < -0.4 is 5.32 Å². The highest BCUT2D eigenvalue weighted by molar-refractivity contribution is 9.10. The van der Waals surface area contributed by atoms with Gasteiger partial charge in [0.05, 0.1) is 4.99 Å². The van der Waals surface area contributed by atoms with Crippen LogP contribution in [-0.2, 0) is 0 Å². The van der Waals surface area contributed by atoms with Crippen LogP contribution in [0.1, 0.15) is 6.92 Å². The summed E-state index contributed by atoms with van der Waals surface area (Å²) in [5, 5.41) is 3.04. The molecule has 1 aromatic carbocycles. The molecule has 1 aromatic rings. The minimum Gasteiger partial charge on any atom is -0.350 e. The summed E-state index contributed by atoms with van der Waals surface area (Å²) in [6.07, 6.45) is 0. The normalized spacial score (nSPS) is 9.27. The maximum atomic E-state index is 4.89. The summed E-state index contributed by atoms with van der Waals surface area (Å²) in [7, 11) is 0. The van der Waals surface area contributed by atoms with Crippen LogP contribution in [0.3, 0.4) is 0 Å². The topological polar surface area (TPSA) is 12.0 Å². The molecule has 3 heteroatoms. The van der Waals surface area contributed by atoms with Gasteiger partial charge in [-0.25, -0.2) is 0 Å². The molecule has 0 spiro atoms. The maximum Gasteiger partial charge on any atom is 0.0765 e. The van der Waals surface area contributed by atoms with Gasteiger partial charge in [-0.05, 0) is 31.2 Å². The Labute approximate surface area is 79.9 Å². The third kappa shape index (κ3) is 2.99. The zero-order valence-electron chi connectivity index (χ0n) is 6.10. The lowest BCUT2D eigenvalue weighted by atomic mass is 10.3. The van der Waals surface area contributed by atoms with Crippen LogP contribution in [0.5, 0.6) is 0 Å². The fourth-order valence-electron chi connectivity index (χ4n) is 0.736. The molecule has 0 heterocycles. The van der Waals surface area contributed by atoms with Gasteiger partial charge in [-0.1, -0.05) is 28.1 Å². The Bertz CT molecular complexity index is 255. The van der Waals surface area contributed by atoms with Gasteiger partial charge in [0.15, 0.2) is 0 Å². The van der Waals surface area contributed by atoms with Gasteiger partial charge in [-0.2, -0.15) is 0 Å². The monoisotopic (exact) mass is 229 g/mol. The van der Waals surface area contributed by atoms with E-state index in [1.54, 1.807) is 0 Å². The molecule has 1 N–H and O–H groups in total. The summed E-state index contributed by atoms with van der Waals surface area (Å²) < 4.78 is 1.07. The first-order chi connectivity index (χ1) is 5.18. The van der Waals surface area contributed by atoms with Gasteiger partial charge in [0.2, 0.25) is 0 Å². The summed E-state index contributed by atoms with van der Waals surface area (Å²) >= 11 is 8.24. The molecule has 0 saturated carbocycles. The fraction of sp³-hybridized carbons (Fsp3) is 0.125. The Hall–Kier alpha value is -0.410. The van der Waals surface area contributed by atoms with E-state index in [0.717, 1.165) is 15.1 Å². The molecule has 58 valence electrons. The molecule has 0 radical (unpaired) electrons. The third-order valence-electron chi connectivity index (χ3n) is 1.16. The van der Waals surface area contributed by atoms with Gasteiger partial charge in [0, 0.05) is 10.2 Å². The van der Waals surface area contributed by atoms with E-state index in [1.807, 2.05) is 31.2 Å². The summed E-state index contributed by atoms with van der Waals surface area (Å²) in [5.41, 5.74) is 1.03. The van der Waals surface area contributed by atoms with Gasteiger partial charge in [-0.15, -0.1) is 0 Å². The molecule has 0 bridgehead atoms. The van der Waals surface area contributed by atoms with Crippen LogP contribution in [-0.4, -0.2) is 4.99 Å². The van der Waals surface area contributed by atoms with E-state index in [2.05, 4.69) is 21.2 Å². The molecule has 0 atom stereocenters. The quantitative estimate of drug-likeness (QED) is 0.743. The number of rotatable bonds is 1. The predicted molar refractivity (Wildman–Crippen MR) is 56.0 cm³/mol. The number of anilines is 1. The van der Waals surface area contributed by atoms with Gasteiger partial charge in [0.1, 0.15) is 0 Å². The molecule has 1 nitrogen and oxygen atoms in total. The van der Waals surface area contributed by atoms with Crippen LogP contribution in [0.25, 0.3) is 0 Å². The van der Waals surface area contributed by atoms with Crippen molar-refractivity contribution in [1.82, 2.24) is 0 Å². The number of hydrogen-bond acceptors (Lipinski definition) is 1. The largest absolute Gasteiger partial charge is 0.350 e. The molecule has 0 aliphatic rings. The minimum atomic E-state index is 0.785. The number of benzene rings is 1. The van der Waals surface area contributed by atoms with Gasteiger partial charge >= 0.3 is 0 Å². The zero-order valence-corrected chi connectivity index (χ0v) is 8.50. The second kappa shape index (κ2) is 3.83. The van der Waals surface area contributed by atoms with Gasteiger partial charge < -0.3 is 5.32 Å². The van der Waals surface area contributed by atoms with Crippen LogP contribution >= 0.6 is 28.1 Å². The first kappa shape index (κ1) is 8.68. The summed E-state index contributed by atoms with van der Waals surface area (Å²) in [6.45, 7) is 1.86. The molecular weight excluding hydrogens is 222 g/mol. The van der Waals surface area contributed by atoms with Crippen molar-refractivity contribution >= 4 is 38.8 Å². The third-order valence-corrected chi connectivity index (χ3v) is 1.80. The lowest BCUT2D eigenvalue weighted by molar-refractivity contribution is 1.60. The van der Waals surface area contributed by atoms with E-state index in [1.165, 1.54) is 0 Å². The average molecular weight is 230 g/mol. The second-order valence-corrected chi connectivity index (χ2v) is 3.72. The zero-order chi connectivity index (χ0) is 8.27. The van der Waals surface area contributed by atoms with E-state index in [4.69, 9.17) is 12.2 Å². The first-order valence-corrected chi connectivity index (χ1v) is 4.42. The van der Waals surface area contributed by atoms with Crippen LogP contribution in [0.2, 0.25) is 0 Å². The van der Waals surface area contributed by atoms with E-state index in [9.17, 15) is 0 Å². The minimum absolute atomic E-state index is 0.785. The molecule has 0 amide bonds. The first-order valence-electron chi connectivity index (χ1n) is 3.21. The van der Waals surface area contributed by atoms with Crippen molar-refractivity contribution in [2.45, 2.75) is 6.92 Å². The summed E-state index contributed by atoms with van der Waals surface area (Å²) in [5.74, 6) is 0. The molecule has 0 aliphatic carbocycles. The van der Waals surface area contributed by atoms with Gasteiger partial charge in [-0.3, -0.25) is 0 Å². The molecule has 0 aliphatic heterocycles. The van der Waals surface area contributed by atoms with Crippen molar-refractivity contribution in [1.29, 1.82) is 0 Å². The standard InChI is InChI=1S/C8H8BrNS/c1-6(11)10-8-4-2-7(9)3-5-8/h2-5H,1H3,(H,10,11). The van der Waals surface area contributed by atoms with Crippen LogP contribution in [0, 0.1) is 0 Å². The van der Waals surface area contributed by atoms with Crippen molar-refractivity contribution < 1.29 is 0 Å². The molecule has 0 unspecified atom stereocenters. The van der Waals surface area contributed by atoms with Crippen molar-refractivity contribution in [3.63, 3.8) is 0 Å². The van der Waals surface area contributed by atoms with E-state index in [-0.39, 0.29) is 0 Å². The van der Waals surface area contributed by atoms with Crippen molar-refractivity contribution in [2.24, 2.45) is 0 Å². The second-order valence-electron chi connectivity index (χ2n) is 2.19. The molecule has 1 rings (SSSR count). The maximum absolute atomic E-state index is 4.89. The number of thiocarbonyl (C=S) groups is 1. The SMILES string of the molecule is CC(=S)Nc1ccc(Br)cc1.